The number of hydrogen-bond acceptors (Lipinski definition) is 4. The number of benzene rings is 1. The molecular weight excluding hydrogens is 344 g/mol. The zero-order valence-corrected chi connectivity index (χ0v) is 18.3. The van der Waals surface area contributed by atoms with Gasteiger partial charge in [-0.1, -0.05) is 46.8 Å². The largest absolute Gasteiger partial charge is 0.497 e. The van der Waals surface area contributed by atoms with E-state index in [1.54, 1.807) is 7.11 Å². The summed E-state index contributed by atoms with van der Waals surface area (Å²) in [6.45, 7) is 12.0. The number of carbonyl (C=O) groups excluding carboxylic acids is 1. The number of carbonyl (C=O) groups is 1. The lowest BCUT2D eigenvalue weighted by molar-refractivity contribution is -0.111. The highest BCUT2D eigenvalue weighted by atomic mass is 28.4. The summed E-state index contributed by atoms with van der Waals surface area (Å²) in [6.07, 6.45) is 1.31. The Bertz CT molecular complexity index is 515. The fourth-order valence-electron chi connectivity index (χ4n) is 3.16. The average molecular weight is 381 g/mol. The predicted octanol–water partition coefficient (Wildman–Crippen LogP) is 5.22. The Kier molecular flexibility index (Phi) is 9.54. The smallest absolute Gasteiger partial charge is 0.192 e. The van der Waals surface area contributed by atoms with E-state index >= 15 is 0 Å². The molecule has 1 rings (SSSR count). The Hall–Kier alpha value is -1.17. The van der Waals surface area contributed by atoms with Crippen molar-refractivity contribution in [2.75, 3.05) is 13.7 Å². The van der Waals surface area contributed by atoms with E-state index in [1.807, 2.05) is 24.3 Å². The van der Waals surface area contributed by atoms with E-state index in [4.69, 9.17) is 13.9 Å². The van der Waals surface area contributed by atoms with Crippen LogP contribution in [0.1, 0.15) is 46.6 Å². The Labute approximate surface area is 160 Å². The molecule has 0 saturated carbocycles. The second kappa shape index (κ2) is 10.9. The van der Waals surface area contributed by atoms with Gasteiger partial charge in [-0.3, -0.25) is 0 Å². The molecule has 0 radical (unpaired) electrons. The number of methoxy groups -OCH3 is 1. The molecule has 26 heavy (non-hydrogen) atoms. The standard InChI is InChI=1S/C21H36O4Si/c1-7-26(8-2,9-3)25-20(14-15-22)21(4,5)17-24-16-18-10-12-19(23-6)13-11-18/h10-13,15,20H,7-9,14,16-17H2,1-6H3/t20-/m0/s1. The number of aldehydes is 1. The molecule has 4 nitrogen and oxygen atoms in total. The third-order valence-electron chi connectivity index (χ3n) is 5.41. The van der Waals surface area contributed by atoms with Crippen LogP contribution in [0.3, 0.4) is 0 Å². The fraction of sp³-hybridized carbons (Fsp3) is 0.667. The Morgan fingerprint density at radius 1 is 1.08 bits per heavy atom. The summed E-state index contributed by atoms with van der Waals surface area (Å²) in [7, 11) is -0.109. The molecule has 0 fully saturated rings. The van der Waals surface area contributed by atoms with Gasteiger partial charge in [0.1, 0.15) is 12.0 Å². The van der Waals surface area contributed by atoms with E-state index in [-0.39, 0.29) is 11.5 Å². The van der Waals surface area contributed by atoms with Crippen molar-refractivity contribution in [2.45, 2.75) is 71.9 Å². The minimum Gasteiger partial charge on any atom is -0.497 e. The average Bonchev–Trinajstić information content (AvgIpc) is 2.66. The molecule has 0 bridgehead atoms. The van der Waals surface area contributed by atoms with E-state index < -0.39 is 8.32 Å². The van der Waals surface area contributed by atoms with Gasteiger partial charge in [-0.05, 0) is 35.8 Å². The maximum absolute atomic E-state index is 11.3. The molecule has 0 saturated heterocycles. The molecule has 0 aromatic heterocycles. The second-order valence-corrected chi connectivity index (χ2v) is 12.3. The summed E-state index contributed by atoms with van der Waals surface area (Å²) < 4.78 is 17.8. The lowest BCUT2D eigenvalue weighted by atomic mass is 9.86. The topological polar surface area (TPSA) is 44.8 Å². The number of ether oxygens (including phenoxy) is 2. The molecule has 1 aromatic carbocycles. The molecule has 0 aliphatic rings. The molecule has 0 heterocycles. The van der Waals surface area contributed by atoms with Gasteiger partial charge in [0.15, 0.2) is 8.32 Å². The number of hydrogen-bond donors (Lipinski definition) is 0. The van der Waals surface area contributed by atoms with Crippen LogP contribution in [-0.4, -0.2) is 34.4 Å². The summed E-state index contributed by atoms with van der Waals surface area (Å²) in [5.74, 6) is 0.841. The van der Waals surface area contributed by atoms with Gasteiger partial charge in [-0.15, -0.1) is 0 Å². The summed E-state index contributed by atoms with van der Waals surface area (Å²) in [6, 6.07) is 11.1. The molecule has 1 aromatic rings. The van der Waals surface area contributed by atoms with Crippen LogP contribution >= 0.6 is 0 Å². The molecule has 1 atom stereocenters. The van der Waals surface area contributed by atoms with Crippen LogP contribution in [0.2, 0.25) is 18.1 Å². The van der Waals surface area contributed by atoms with Gasteiger partial charge >= 0.3 is 0 Å². The first-order chi connectivity index (χ1) is 12.4. The van der Waals surface area contributed by atoms with Crippen LogP contribution in [0.15, 0.2) is 24.3 Å². The zero-order valence-electron chi connectivity index (χ0n) is 17.3. The Morgan fingerprint density at radius 3 is 2.12 bits per heavy atom. The highest BCUT2D eigenvalue weighted by Crippen LogP contribution is 2.33. The SMILES string of the molecule is CC[Si](CC)(CC)O[C@@H](CC=O)C(C)(C)COCc1ccc(OC)cc1. The van der Waals surface area contributed by atoms with Gasteiger partial charge in [-0.2, -0.15) is 0 Å². The van der Waals surface area contributed by atoms with Gasteiger partial charge in [0.25, 0.3) is 0 Å². The lowest BCUT2D eigenvalue weighted by Crippen LogP contribution is -2.47. The highest BCUT2D eigenvalue weighted by molar-refractivity contribution is 6.73. The van der Waals surface area contributed by atoms with E-state index in [1.165, 1.54) is 0 Å². The first-order valence-corrected chi connectivity index (χ1v) is 12.2. The molecular formula is C21H36O4Si. The van der Waals surface area contributed by atoms with Crippen molar-refractivity contribution in [3.05, 3.63) is 29.8 Å². The van der Waals surface area contributed by atoms with Crippen molar-refractivity contribution in [1.29, 1.82) is 0 Å². The van der Waals surface area contributed by atoms with Crippen LogP contribution in [0.25, 0.3) is 0 Å². The van der Waals surface area contributed by atoms with Crippen molar-refractivity contribution in [3.8, 4) is 5.75 Å². The second-order valence-electron chi connectivity index (χ2n) is 7.58. The summed E-state index contributed by atoms with van der Waals surface area (Å²) in [4.78, 5) is 11.3. The summed E-state index contributed by atoms with van der Waals surface area (Å²) >= 11 is 0. The van der Waals surface area contributed by atoms with E-state index in [0.717, 1.165) is 35.7 Å². The maximum Gasteiger partial charge on any atom is 0.192 e. The first-order valence-electron chi connectivity index (χ1n) is 9.68. The normalized spacial score (nSPS) is 13.5. The zero-order chi connectivity index (χ0) is 19.6. The van der Waals surface area contributed by atoms with Crippen LogP contribution < -0.4 is 4.74 Å². The van der Waals surface area contributed by atoms with Crippen molar-refractivity contribution in [3.63, 3.8) is 0 Å². The van der Waals surface area contributed by atoms with Crippen LogP contribution in [0.5, 0.6) is 5.75 Å². The van der Waals surface area contributed by atoms with E-state index in [0.29, 0.717) is 19.6 Å². The lowest BCUT2D eigenvalue weighted by Gasteiger charge is -2.40. The molecule has 0 N–H and O–H groups in total. The van der Waals surface area contributed by atoms with Crippen LogP contribution in [0, 0.1) is 5.41 Å². The van der Waals surface area contributed by atoms with Gasteiger partial charge in [-0.25, -0.2) is 0 Å². The fourth-order valence-corrected chi connectivity index (χ4v) is 6.18. The molecule has 0 unspecified atom stereocenters. The summed E-state index contributed by atoms with van der Waals surface area (Å²) in [5, 5.41) is 0. The predicted molar refractivity (Wildman–Crippen MR) is 109 cm³/mol. The minimum absolute atomic E-state index is 0.0950. The van der Waals surface area contributed by atoms with Crippen molar-refractivity contribution in [1.82, 2.24) is 0 Å². The molecule has 5 heteroatoms. The Morgan fingerprint density at radius 2 is 1.65 bits per heavy atom. The minimum atomic E-state index is -1.77. The van der Waals surface area contributed by atoms with Gasteiger partial charge in [0.05, 0.1) is 26.4 Å². The van der Waals surface area contributed by atoms with Crippen molar-refractivity contribution in [2.24, 2.45) is 5.41 Å². The first kappa shape index (κ1) is 22.9. The maximum atomic E-state index is 11.3. The molecule has 0 spiro atoms. The van der Waals surface area contributed by atoms with Crippen molar-refractivity contribution >= 4 is 14.6 Å². The van der Waals surface area contributed by atoms with E-state index in [2.05, 4.69) is 34.6 Å². The highest BCUT2D eigenvalue weighted by Gasteiger charge is 2.38. The molecule has 148 valence electrons. The number of rotatable bonds is 13. The molecule has 0 aliphatic heterocycles. The Balaban J connectivity index is 2.71. The summed E-state index contributed by atoms with van der Waals surface area (Å²) in [5.41, 5.74) is 0.888. The van der Waals surface area contributed by atoms with E-state index in [9.17, 15) is 4.79 Å². The quantitative estimate of drug-likeness (QED) is 0.348. The van der Waals surface area contributed by atoms with Gasteiger partial charge in [0.2, 0.25) is 0 Å². The molecule has 0 aliphatic carbocycles. The third kappa shape index (κ3) is 6.52. The molecule has 0 amide bonds. The van der Waals surface area contributed by atoms with Crippen LogP contribution in [0.4, 0.5) is 0 Å². The van der Waals surface area contributed by atoms with Crippen molar-refractivity contribution < 1.29 is 18.7 Å². The van der Waals surface area contributed by atoms with Gasteiger partial charge in [0, 0.05) is 11.8 Å². The van der Waals surface area contributed by atoms with Crippen LogP contribution in [-0.2, 0) is 20.6 Å². The monoisotopic (exact) mass is 380 g/mol. The third-order valence-corrected chi connectivity index (χ3v) is 10.1. The van der Waals surface area contributed by atoms with Gasteiger partial charge < -0.3 is 18.7 Å².